The number of unbranched alkanes of at least 4 members (excludes halogenated alkanes) is 1. The van der Waals surface area contributed by atoms with Crippen LogP contribution in [0.25, 0.3) is 0 Å². The van der Waals surface area contributed by atoms with Crippen LogP contribution in [0.3, 0.4) is 0 Å². The first-order chi connectivity index (χ1) is 6.83. The third-order valence-electron chi connectivity index (χ3n) is 2.30. The van der Waals surface area contributed by atoms with Crippen LogP contribution in [0.2, 0.25) is 0 Å². The van der Waals surface area contributed by atoms with Crippen LogP contribution in [0.4, 0.5) is 5.69 Å². The second-order valence-corrected chi connectivity index (χ2v) is 3.55. The zero-order chi connectivity index (χ0) is 10.2. The van der Waals surface area contributed by atoms with E-state index < -0.39 is 0 Å². The summed E-state index contributed by atoms with van der Waals surface area (Å²) in [5, 5.41) is 3.32. The van der Waals surface area contributed by atoms with Crippen molar-refractivity contribution in [1.29, 1.82) is 0 Å². The lowest BCUT2D eigenvalue weighted by Crippen LogP contribution is -2.13. The van der Waals surface area contributed by atoms with Crippen molar-refractivity contribution in [1.82, 2.24) is 5.32 Å². The van der Waals surface area contributed by atoms with Crippen molar-refractivity contribution in [2.75, 3.05) is 18.8 Å². The van der Waals surface area contributed by atoms with Gasteiger partial charge in [-0.05, 0) is 50.0 Å². The Morgan fingerprint density at radius 2 is 1.86 bits per heavy atom. The molecule has 0 unspecified atom stereocenters. The Bertz CT molecular complexity index is 241. The first-order valence-electron chi connectivity index (χ1n) is 5.38. The largest absolute Gasteiger partial charge is 0.399 e. The third kappa shape index (κ3) is 4.28. The van der Waals surface area contributed by atoms with E-state index in [0.29, 0.717) is 0 Å². The number of nitrogens with one attached hydrogen (secondary N) is 1. The Hall–Kier alpha value is -1.02. The molecule has 0 bridgehead atoms. The van der Waals surface area contributed by atoms with Gasteiger partial charge in [-0.3, -0.25) is 0 Å². The van der Waals surface area contributed by atoms with Crippen molar-refractivity contribution in [3.05, 3.63) is 29.8 Å². The van der Waals surface area contributed by atoms with Crippen molar-refractivity contribution >= 4 is 5.69 Å². The number of rotatable bonds is 6. The average molecular weight is 192 g/mol. The molecular weight excluding hydrogens is 172 g/mol. The highest BCUT2D eigenvalue weighted by molar-refractivity contribution is 5.39. The molecule has 0 aromatic heterocycles. The predicted octanol–water partition coefficient (Wildman–Crippen LogP) is 2.20. The second-order valence-electron chi connectivity index (χ2n) is 3.55. The molecule has 0 aliphatic rings. The Morgan fingerprint density at radius 3 is 2.50 bits per heavy atom. The summed E-state index contributed by atoms with van der Waals surface area (Å²) in [7, 11) is 0. The van der Waals surface area contributed by atoms with Gasteiger partial charge in [0.25, 0.3) is 0 Å². The van der Waals surface area contributed by atoms with Crippen LogP contribution in [0.5, 0.6) is 0 Å². The van der Waals surface area contributed by atoms with Crippen LogP contribution < -0.4 is 11.1 Å². The quantitative estimate of drug-likeness (QED) is 0.535. The highest BCUT2D eigenvalue weighted by atomic mass is 14.8. The summed E-state index contributed by atoms with van der Waals surface area (Å²) in [6, 6.07) is 8.17. The zero-order valence-corrected chi connectivity index (χ0v) is 8.92. The molecule has 0 saturated carbocycles. The molecule has 0 fully saturated rings. The van der Waals surface area contributed by atoms with E-state index in [0.717, 1.165) is 25.2 Å². The zero-order valence-electron chi connectivity index (χ0n) is 8.92. The van der Waals surface area contributed by atoms with Gasteiger partial charge in [0, 0.05) is 5.69 Å². The number of nitrogens with two attached hydrogens (primary N) is 1. The number of aryl methyl sites for hydroxylation is 1. The first kappa shape index (κ1) is 11.1. The highest BCUT2D eigenvalue weighted by Gasteiger charge is 1.92. The van der Waals surface area contributed by atoms with E-state index in [1.54, 1.807) is 0 Å². The maximum atomic E-state index is 5.61. The van der Waals surface area contributed by atoms with Crippen molar-refractivity contribution in [2.45, 2.75) is 26.2 Å². The molecular formula is C12H20N2. The van der Waals surface area contributed by atoms with Crippen molar-refractivity contribution < 1.29 is 0 Å². The molecule has 0 saturated heterocycles. The van der Waals surface area contributed by atoms with Crippen LogP contribution >= 0.6 is 0 Å². The van der Waals surface area contributed by atoms with E-state index in [1.165, 1.54) is 18.4 Å². The summed E-state index contributed by atoms with van der Waals surface area (Å²) in [6.07, 6.45) is 3.65. The van der Waals surface area contributed by atoms with Gasteiger partial charge in [0.1, 0.15) is 0 Å². The van der Waals surface area contributed by atoms with Gasteiger partial charge in [-0.2, -0.15) is 0 Å². The van der Waals surface area contributed by atoms with E-state index in [-0.39, 0.29) is 0 Å². The molecule has 0 aliphatic heterocycles. The standard InChI is InChI=1S/C12H20N2/c1-2-14-10-4-3-5-11-6-8-12(13)9-7-11/h6-9,14H,2-5,10,13H2,1H3. The second kappa shape index (κ2) is 6.44. The third-order valence-corrected chi connectivity index (χ3v) is 2.30. The fourth-order valence-electron chi connectivity index (χ4n) is 1.44. The van der Waals surface area contributed by atoms with E-state index in [9.17, 15) is 0 Å². The maximum absolute atomic E-state index is 5.61. The van der Waals surface area contributed by atoms with Gasteiger partial charge in [0.05, 0.1) is 0 Å². The monoisotopic (exact) mass is 192 g/mol. The summed E-state index contributed by atoms with van der Waals surface area (Å²) in [5.74, 6) is 0. The Labute approximate surface area is 86.5 Å². The molecule has 0 aliphatic carbocycles. The molecule has 78 valence electrons. The molecule has 0 radical (unpaired) electrons. The Kier molecular flexibility index (Phi) is 5.08. The van der Waals surface area contributed by atoms with Crippen LogP contribution in [0, 0.1) is 0 Å². The first-order valence-corrected chi connectivity index (χ1v) is 5.38. The maximum Gasteiger partial charge on any atom is 0.0314 e. The Morgan fingerprint density at radius 1 is 1.14 bits per heavy atom. The van der Waals surface area contributed by atoms with Crippen molar-refractivity contribution in [3.8, 4) is 0 Å². The van der Waals surface area contributed by atoms with Gasteiger partial charge >= 0.3 is 0 Å². The van der Waals surface area contributed by atoms with Gasteiger partial charge in [-0.1, -0.05) is 19.1 Å². The number of nitrogen functional groups attached to an aromatic ring is 1. The van der Waals surface area contributed by atoms with E-state index in [4.69, 9.17) is 5.73 Å². The number of hydrogen-bond acceptors (Lipinski definition) is 2. The number of hydrogen-bond donors (Lipinski definition) is 2. The van der Waals surface area contributed by atoms with Gasteiger partial charge in [-0.25, -0.2) is 0 Å². The molecule has 1 rings (SSSR count). The minimum atomic E-state index is 0.849. The van der Waals surface area contributed by atoms with Gasteiger partial charge in [0.2, 0.25) is 0 Å². The molecule has 1 aromatic rings. The van der Waals surface area contributed by atoms with E-state index >= 15 is 0 Å². The fourth-order valence-corrected chi connectivity index (χ4v) is 1.44. The summed E-state index contributed by atoms with van der Waals surface area (Å²) < 4.78 is 0. The molecule has 2 heteroatoms. The smallest absolute Gasteiger partial charge is 0.0314 e. The average Bonchev–Trinajstić information content (AvgIpc) is 2.21. The molecule has 3 N–H and O–H groups in total. The predicted molar refractivity (Wildman–Crippen MR) is 62.3 cm³/mol. The van der Waals surface area contributed by atoms with Gasteiger partial charge in [0.15, 0.2) is 0 Å². The van der Waals surface area contributed by atoms with Gasteiger partial charge < -0.3 is 11.1 Å². The lowest BCUT2D eigenvalue weighted by atomic mass is 10.1. The van der Waals surface area contributed by atoms with Crippen LogP contribution in [-0.4, -0.2) is 13.1 Å². The highest BCUT2D eigenvalue weighted by Crippen LogP contribution is 2.08. The molecule has 1 aromatic carbocycles. The Balaban J connectivity index is 2.15. The van der Waals surface area contributed by atoms with E-state index in [2.05, 4.69) is 24.4 Å². The summed E-state index contributed by atoms with van der Waals surface area (Å²) >= 11 is 0. The molecule has 0 atom stereocenters. The van der Waals surface area contributed by atoms with Crippen LogP contribution in [0.1, 0.15) is 25.3 Å². The SMILES string of the molecule is CCNCCCCc1ccc(N)cc1. The lowest BCUT2D eigenvalue weighted by molar-refractivity contribution is 0.641. The molecule has 0 spiro atoms. The minimum Gasteiger partial charge on any atom is -0.399 e. The molecule has 0 amide bonds. The normalized spacial score (nSPS) is 10.4. The lowest BCUT2D eigenvalue weighted by Gasteiger charge is -2.02. The van der Waals surface area contributed by atoms with Crippen molar-refractivity contribution in [2.24, 2.45) is 0 Å². The van der Waals surface area contributed by atoms with Gasteiger partial charge in [-0.15, -0.1) is 0 Å². The summed E-state index contributed by atoms with van der Waals surface area (Å²) in [4.78, 5) is 0. The fraction of sp³-hybridized carbons (Fsp3) is 0.500. The molecule has 0 heterocycles. The number of anilines is 1. The molecule has 14 heavy (non-hydrogen) atoms. The number of benzene rings is 1. The molecule has 2 nitrogen and oxygen atoms in total. The van der Waals surface area contributed by atoms with Crippen LogP contribution in [0.15, 0.2) is 24.3 Å². The van der Waals surface area contributed by atoms with Crippen LogP contribution in [-0.2, 0) is 6.42 Å². The summed E-state index contributed by atoms with van der Waals surface area (Å²) in [6.45, 7) is 4.34. The van der Waals surface area contributed by atoms with Crippen molar-refractivity contribution in [3.63, 3.8) is 0 Å². The summed E-state index contributed by atoms with van der Waals surface area (Å²) in [5.41, 5.74) is 7.84. The van der Waals surface area contributed by atoms with E-state index in [1.807, 2.05) is 12.1 Å². The topological polar surface area (TPSA) is 38.0 Å². The minimum absolute atomic E-state index is 0.849.